The molecule has 0 atom stereocenters. The number of amides is 4. The van der Waals surface area contributed by atoms with Crippen LogP contribution in [-0.2, 0) is 44.8 Å². The number of nitrogens with zero attached hydrogens (tertiary/aromatic N) is 6. The molecule has 73 heavy (non-hydrogen) atoms. The van der Waals surface area contributed by atoms with Gasteiger partial charge < -0.3 is 39.4 Å². The zero-order valence-electron chi connectivity index (χ0n) is 43.8. The van der Waals surface area contributed by atoms with Crippen molar-refractivity contribution >= 4 is 29.6 Å². The van der Waals surface area contributed by atoms with Gasteiger partial charge in [0, 0.05) is 81.3 Å². The molecule has 0 aliphatic heterocycles. The van der Waals surface area contributed by atoms with Gasteiger partial charge in [-0.05, 0) is 156 Å². The average molecular weight is 1000 g/mol. The Morgan fingerprint density at radius 3 is 1.21 bits per heavy atom. The predicted octanol–water partition coefficient (Wildman–Crippen LogP) is 7.85. The number of rotatable bonds is 27. The van der Waals surface area contributed by atoms with Crippen LogP contribution in [0.2, 0.25) is 0 Å². The normalized spacial score (nSPS) is 10.9. The molecule has 0 fully saturated rings. The van der Waals surface area contributed by atoms with Gasteiger partial charge in [-0.2, -0.15) is 0 Å². The second kappa shape index (κ2) is 31.1. The highest BCUT2D eigenvalue weighted by Gasteiger charge is 2.26. The van der Waals surface area contributed by atoms with Crippen molar-refractivity contribution in [3.8, 4) is 17.2 Å². The Hall–Kier alpha value is -7.43. The van der Waals surface area contributed by atoms with Gasteiger partial charge in [0.15, 0.2) is 11.5 Å². The molecule has 4 aromatic heterocycles. The van der Waals surface area contributed by atoms with Gasteiger partial charge in [0.05, 0.1) is 27.9 Å². The molecule has 0 saturated carbocycles. The van der Waals surface area contributed by atoms with E-state index in [9.17, 15) is 24.0 Å². The number of aryl methyl sites for hydroxylation is 4. The zero-order valence-corrected chi connectivity index (χ0v) is 43.8. The second-order valence-corrected chi connectivity index (χ2v) is 18.6. The van der Waals surface area contributed by atoms with Crippen LogP contribution in [0, 0.1) is 0 Å². The summed E-state index contributed by atoms with van der Waals surface area (Å²) in [5.41, 5.74) is 4.15. The number of aromatic nitrogens is 4. The van der Waals surface area contributed by atoms with Crippen molar-refractivity contribution in [3.63, 3.8) is 0 Å². The van der Waals surface area contributed by atoms with Gasteiger partial charge in [-0.1, -0.05) is 24.3 Å². The Morgan fingerprint density at radius 2 is 0.904 bits per heavy atom. The Labute approximate surface area is 430 Å². The molecule has 4 amide bonds. The van der Waals surface area contributed by atoms with Crippen LogP contribution in [0.1, 0.15) is 105 Å². The summed E-state index contributed by atoms with van der Waals surface area (Å²) in [6, 6.07) is 18.8. The number of hydrogen-bond acceptors (Lipinski definition) is 13. The molecule has 0 radical (unpaired) electrons. The molecule has 1 aromatic carbocycles. The third-order valence-corrected chi connectivity index (χ3v) is 12.1. The summed E-state index contributed by atoms with van der Waals surface area (Å²) in [5, 5.41) is 5.04. The lowest BCUT2D eigenvalue weighted by atomic mass is 9.99. The number of benzene rings is 1. The smallest absolute Gasteiger partial charge is 0.408 e. The van der Waals surface area contributed by atoms with Crippen LogP contribution in [0.5, 0.6) is 17.2 Å². The maximum atomic E-state index is 13.1. The number of carbonyl (C=O) groups excluding carboxylic acids is 5. The van der Waals surface area contributed by atoms with Crippen LogP contribution in [-0.4, -0.2) is 126 Å². The highest BCUT2D eigenvalue weighted by Crippen LogP contribution is 2.38. The topological polar surface area (TPSA) is 204 Å². The molecule has 0 aliphatic carbocycles. The number of carbonyl (C=O) groups is 5. The number of Topliss-reactive ketones (excluding diaryl/α,β-unsaturated/α-hetero) is 1. The van der Waals surface area contributed by atoms with Crippen molar-refractivity contribution in [2.24, 2.45) is 0 Å². The minimum absolute atomic E-state index is 0.0291. The van der Waals surface area contributed by atoms with Crippen molar-refractivity contribution in [3.05, 3.63) is 138 Å². The summed E-state index contributed by atoms with van der Waals surface area (Å²) in [6.45, 7) is 5.00. The van der Waals surface area contributed by atoms with Gasteiger partial charge in [-0.25, -0.2) is 4.79 Å². The van der Waals surface area contributed by atoms with Gasteiger partial charge in [-0.3, -0.25) is 39.1 Å². The average Bonchev–Trinajstić information content (AvgIpc) is 3.40. The van der Waals surface area contributed by atoms with E-state index in [0.717, 1.165) is 88.2 Å². The van der Waals surface area contributed by atoms with Gasteiger partial charge in [-0.15, -0.1) is 0 Å². The maximum absolute atomic E-state index is 13.1. The van der Waals surface area contributed by atoms with E-state index in [2.05, 4.69) is 42.7 Å². The summed E-state index contributed by atoms with van der Waals surface area (Å²) < 4.78 is 21.0. The van der Waals surface area contributed by atoms with E-state index in [1.165, 1.54) is 44.6 Å². The third kappa shape index (κ3) is 21.1. The van der Waals surface area contributed by atoms with E-state index < -0.39 is 23.4 Å². The lowest BCUT2D eigenvalue weighted by molar-refractivity contribution is -0.133. The molecule has 4 heterocycles. The maximum Gasteiger partial charge on any atom is 0.408 e. The number of nitrogens with one attached hydrogen (secondary N) is 2. The third-order valence-electron chi connectivity index (χ3n) is 12.1. The van der Waals surface area contributed by atoms with E-state index in [1.54, 1.807) is 62.4 Å². The van der Waals surface area contributed by atoms with Gasteiger partial charge in [0.25, 0.3) is 5.91 Å². The highest BCUT2D eigenvalue weighted by molar-refractivity contribution is 6.43. The molecule has 0 bridgehead atoms. The molecule has 17 nitrogen and oxygen atoms in total. The van der Waals surface area contributed by atoms with Crippen molar-refractivity contribution in [2.45, 2.75) is 116 Å². The van der Waals surface area contributed by atoms with Gasteiger partial charge in [0.1, 0.15) is 12.1 Å². The van der Waals surface area contributed by atoms with Gasteiger partial charge in [0.2, 0.25) is 23.3 Å². The SMILES string of the molecule is CN(C(=O)CNC(=O)OC(C)(C)C)C(CCCc1cccnc1)CCCc1cccnc1.COc1cc(C(=O)C(=O)NCC(=O)N(C)C(CCCc2cccnc2)CCCc2cccnc2)cc(OC)c1OC. The fourth-order valence-corrected chi connectivity index (χ4v) is 8.11. The highest BCUT2D eigenvalue weighted by atomic mass is 16.6. The van der Waals surface area contributed by atoms with Crippen LogP contribution in [0.25, 0.3) is 0 Å². The zero-order chi connectivity index (χ0) is 53.0. The number of ether oxygens (including phenoxy) is 4. The number of alkyl carbamates (subject to hydrolysis) is 1. The molecule has 2 N–H and O–H groups in total. The molecule has 0 aliphatic rings. The van der Waals surface area contributed by atoms with Crippen molar-refractivity contribution in [1.29, 1.82) is 0 Å². The van der Waals surface area contributed by atoms with Crippen LogP contribution in [0.3, 0.4) is 0 Å². The fraction of sp³-hybridized carbons (Fsp3) is 0.446. The first-order chi connectivity index (χ1) is 35.1. The van der Waals surface area contributed by atoms with E-state index in [1.807, 2.05) is 68.2 Å². The molecular formula is C56H74N8O9. The van der Waals surface area contributed by atoms with Crippen molar-refractivity contribution < 1.29 is 42.9 Å². The molecule has 5 rings (SSSR count). The molecule has 5 aromatic rings. The van der Waals surface area contributed by atoms with Crippen LogP contribution < -0.4 is 24.8 Å². The summed E-state index contributed by atoms with van der Waals surface area (Å²) >= 11 is 0. The number of likely N-dealkylation sites (N-methyl/N-ethyl adjacent to an activating group) is 2. The molecule has 0 unspecified atom stereocenters. The van der Waals surface area contributed by atoms with Crippen molar-refractivity contribution in [1.82, 2.24) is 40.4 Å². The van der Waals surface area contributed by atoms with E-state index in [4.69, 9.17) is 18.9 Å². The van der Waals surface area contributed by atoms with E-state index >= 15 is 0 Å². The number of methoxy groups -OCH3 is 3. The fourth-order valence-electron chi connectivity index (χ4n) is 8.11. The molecular weight excluding hydrogens is 929 g/mol. The van der Waals surface area contributed by atoms with Crippen molar-refractivity contribution in [2.75, 3.05) is 48.5 Å². The first kappa shape index (κ1) is 58.1. The number of pyridine rings is 4. The lowest BCUT2D eigenvalue weighted by Gasteiger charge is -2.29. The first-order valence-corrected chi connectivity index (χ1v) is 24.8. The number of hydrogen-bond donors (Lipinski definition) is 2. The first-order valence-electron chi connectivity index (χ1n) is 24.8. The predicted molar refractivity (Wildman–Crippen MR) is 279 cm³/mol. The summed E-state index contributed by atoms with van der Waals surface area (Å²) in [5.74, 6) is -1.30. The second-order valence-electron chi connectivity index (χ2n) is 18.6. The monoisotopic (exact) mass is 1000 g/mol. The van der Waals surface area contributed by atoms with Gasteiger partial charge >= 0.3 is 6.09 Å². The molecule has 17 heteroatoms. The quantitative estimate of drug-likeness (QED) is 0.0381. The largest absolute Gasteiger partial charge is 0.493 e. The Kier molecular flexibility index (Phi) is 24.8. The Balaban J connectivity index is 0.000000327. The van der Waals surface area contributed by atoms with Crippen LogP contribution in [0.15, 0.2) is 110 Å². The van der Waals surface area contributed by atoms with E-state index in [-0.39, 0.29) is 54.1 Å². The standard InChI is InChI=1S/C31H38N4O6.C25H36N4O3/c1-35(25(13-5-9-22-11-7-15-32-19-22)14-6-10-23-12-8-16-33-20-23)28(36)21-34-31(38)29(37)24-17-26(39-2)30(41-4)27(18-24)40-3;1-25(2,3)32-24(31)28-19-23(30)29(4)22(13-5-9-20-11-7-15-26-17-20)14-6-10-21-12-8-16-27-18-21/h7-8,11-12,15-20,25H,5-6,9-10,13-14,21H2,1-4H3,(H,34,38);7-8,11-12,15-18,22H,5-6,9-10,13-14,19H2,1-4H3,(H,28,31). The summed E-state index contributed by atoms with van der Waals surface area (Å²) in [6.07, 6.45) is 24.5. The molecule has 392 valence electrons. The minimum atomic E-state index is -0.897. The molecule has 0 saturated heterocycles. The van der Waals surface area contributed by atoms with Crippen LogP contribution in [0.4, 0.5) is 4.79 Å². The Bertz CT molecular complexity index is 2330. The number of ketones is 1. The van der Waals surface area contributed by atoms with Crippen LogP contribution >= 0.6 is 0 Å². The molecule has 0 spiro atoms. The lowest BCUT2D eigenvalue weighted by Crippen LogP contribution is -2.44. The minimum Gasteiger partial charge on any atom is -0.493 e. The van der Waals surface area contributed by atoms with E-state index in [0.29, 0.717) is 5.75 Å². The summed E-state index contributed by atoms with van der Waals surface area (Å²) in [7, 11) is 7.85. The Morgan fingerprint density at radius 1 is 0.548 bits per heavy atom. The summed E-state index contributed by atoms with van der Waals surface area (Å²) in [4.78, 5) is 83.5.